The van der Waals surface area contributed by atoms with E-state index in [9.17, 15) is 37.1 Å². The summed E-state index contributed by atoms with van der Waals surface area (Å²) >= 11 is 11.7. The maximum absolute atomic E-state index is 13.7. The zero-order valence-electron chi connectivity index (χ0n) is 39.4. The minimum Gasteiger partial charge on any atom is -0.475 e. The Bertz CT molecular complexity index is 2060. The molecule has 4 N–H and O–H groups in total. The van der Waals surface area contributed by atoms with Crippen LogP contribution in [0.4, 0.5) is 18.0 Å². The maximum atomic E-state index is 13.7. The second-order valence-corrected chi connectivity index (χ2v) is 19.4. The number of likely N-dealkylation sites (tertiary alicyclic amines) is 2. The molecule has 2 aliphatic heterocycles. The molecule has 4 rings (SSSR count). The molecule has 18 nitrogen and oxygen atoms in total. The molecule has 0 spiro atoms. The molecule has 3 amide bonds. The zero-order chi connectivity index (χ0) is 51.9. The van der Waals surface area contributed by atoms with Gasteiger partial charge >= 0.3 is 30.2 Å². The van der Waals surface area contributed by atoms with Crippen molar-refractivity contribution >= 4 is 59.0 Å². The first-order valence-electron chi connectivity index (χ1n) is 21.1. The molecule has 0 unspecified atom stereocenters. The molecule has 378 valence electrons. The van der Waals surface area contributed by atoms with Crippen molar-refractivity contribution in [1.82, 2.24) is 25.1 Å². The van der Waals surface area contributed by atoms with Crippen molar-refractivity contribution in [3.63, 3.8) is 0 Å². The molecule has 0 saturated carbocycles. The predicted octanol–water partition coefficient (Wildman–Crippen LogP) is 6.57. The SMILES string of the molecule is C=CCOC(=O)[C@@H]1C[C@@H](Oc2ccc(Cl)cn2)CN1C(=O)[C@@H](N)C(C)(C)C.C=CCOC(=O)[C@@H]1C[C@@H](Oc2ccc(Cl)cn2)CN1C(=O)[C@@H](NC(=O)OC(C)(C)C)C(C)(C)C.O=C(O)C(F)(F)F. The Balaban J connectivity index is 0.000000416. The fourth-order valence-electron chi connectivity index (χ4n) is 6.17. The van der Waals surface area contributed by atoms with Crippen LogP contribution in [0, 0.1) is 10.8 Å². The van der Waals surface area contributed by atoms with Crippen LogP contribution in [0.25, 0.3) is 0 Å². The first kappa shape index (κ1) is 58.5. The van der Waals surface area contributed by atoms with E-state index in [0.29, 0.717) is 28.2 Å². The smallest absolute Gasteiger partial charge is 0.475 e. The van der Waals surface area contributed by atoms with Crippen LogP contribution in [0.1, 0.15) is 75.2 Å². The van der Waals surface area contributed by atoms with Crippen molar-refractivity contribution in [3.8, 4) is 11.8 Å². The number of pyridine rings is 2. The molecule has 2 fully saturated rings. The molecule has 0 radical (unpaired) electrons. The number of carboxylic acids is 1. The van der Waals surface area contributed by atoms with E-state index in [-0.39, 0.29) is 38.6 Å². The average molecular weight is 1010 g/mol. The molecule has 0 bridgehead atoms. The van der Waals surface area contributed by atoms with Crippen LogP contribution in [0.2, 0.25) is 10.0 Å². The highest BCUT2D eigenvalue weighted by atomic mass is 35.5. The molecule has 2 aliphatic rings. The second-order valence-electron chi connectivity index (χ2n) is 18.5. The first-order chi connectivity index (χ1) is 31.3. The number of halogens is 5. The Labute approximate surface area is 403 Å². The molecule has 0 aliphatic carbocycles. The van der Waals surface area contributed by atoms with Gasteiger partial charge in [0.25, 0.3) is 0 Å². The number of rotatable bonds is 13. The number of carbonyl (C=O) groups excluding carboxylic acids is 5. The summed E-state index contributed by atoms with van der Waals surface area (Å²) in [5, 5.41) is 10.8. The van der Waals surface area contributed by atoms with E-state index in [0.717, 1.165) is 0 Å². The lowest BCUT2D eigenvalue weighted by Gasteiger charge is -2.35. The van der Waals surface area contributed by atoms with Crippen LogP contribution < -0.4 is 20.5 Å². The first-order valence-corrected chi connectivity index (χ1v) is 21.8. The summed E-state index contributed by atoms with van der Waals surface area (Å²) in [5.41, 5.74) is 4.28. The van der Waals surface area contributed by atoms with Crippen LogP contribution in [-0.4, -0.2) is 135 Å². The Morgan fingerprint density at radius 1 is 0.765 bits per heavy atom. The normalized spacial score (nSPS) is 19.0. The van der Waals surface area contributed by atoms with Gasteiger partial charge in [-0.1, -0.05) is 90.1 Å². The second kappa shape index (κ2) is 25.1. The van der Waals surface area contributed by atoms with Gasteiger partial charge in [-0.05, 0) is 43.7 Å². The highest BCUT2D eigenvalue weighted by Gasteiger charge is 2.48. The van der Waals surface area contributed by atoms with E-state index in [1.165, 1.54) is 34.3 Å². The number of carboxylic acid groups (broad SMARTS) is 1. The van der Waals surface area contributed by atoms with Gasteiger partial charge in [-0.3, -0.25) is 9.59 Å². The Kier molecular flexibility index (Phi) is 21.6. The number of ether oxygens (including phenoxy) is 5. The number of aromatic nitrogens is 2. The van der Waals surface area contributed by atoms with Crippen LogP contribution in [0.3, 0.4) is 0 Å². The largest absolute Gasteiger partial charge is 0.490 e. The minimum atomic E-state index is -5.08. The molecule has 6 atom stereocenters. The fraction of sp³-hybridized carbons (Fsp3) is 0.556. The summed E-state index contributed by atoms with van der Waals surface area (Å²) in [4.78, 5) is 84.2. The Morgan fingerprint density at radius 3 is 1.47 bits per heavy atom. The average Bonchev–Trinajstić information content (AvgIpc) is 3.85. The van der Waals surface area contributed by atoms with Crippen molar-refractivity contribution in [2.75, 3.05) is 26.3 Å². The number of aliphatic carboxylic acids is 1. The molecule has 23 heteroatoms. The minimum absolute atomic E-state index is 0.0144. The number of amides is 3. The molecule has 2 aromatic heterocycles. The fourth-order valence-corrected chi connectivity index (χ4v) is 6.39. The predicted molar refractivity (Wildman–Crippen MR) is 244 cm³/mol. The number of hydrogen-bond acceptors (Lipinski definition) is 14. The summed E-state index contributed by atoms with van der Waals surface area (Å²) < 4.78 is 59.2. The number of hydrogen-bond donors (Lipinski definition) is 3. The maximum Gasteiger partial charge on any atom is 0.490 e. The summed E-state index contributed by atoms with van der Waals surface area (Å²) in [6, 6.07) is 3.19. The standard InChI is InChI=1S/C24H34ClN3O6.C19H26ClN3O4.C2HF3O2/c1-8-11-32-21(30)17-12-16(33-18-10-9-15(25)13-26-18)14-28(17)20(29)19(23(2,3)4)27-22(31)34-24(5,6)7;1-5-8-26-18(25)14-9-13(27-15-7-6-12(20)10-22-15)11-23(14)17(24)16(21)19(2,3)4;3-2(4,5)1(6)7/h8-10,13,16-17,19H,1,11-12,14H2,2-7H3,(H,27,31);5-7,10,13-14,16H,1,8-9,11,21H2,2-4H3;(H,6,7)/t16-,17+,19-;13-,14+,16-;/m11./s1. The van der Waals surface area contributed by atoms with Crippen LogP contribution in [-0.2, 0) is 38.2 Å². The molecule has 4 heterocycles. The van der Waals surface area contributed by atoms with Crippen molar-refractivity contribution in [1.29, 1.82) is 0 Å². The number of alkyl carbamates (subject to hydrolysis) is 1. The number of esters is 2. The lowest BCUT2D eigenvalue weighted by atomic mass is 9.85. The van der Waals surface area contributed by atoms with E-state index in [1.54, 1.807) is 45.0 Å². The van der Waals surface area contributed by atoms with Gasteiger partial charge in [-0.2, -0.15) is 13.2 Å². The van der Waals surface area contributed by atoms with Crippen LogP contribution in [0.15, 0.2) is 62.0 Å². The van der Waals surface area contributed by atoms with Crippen LogP contribution in [0.5, 0.6) is 11.8 Å². The molecule has 2 aromatic rings. The number of nitrogens with zero attached hydrogens (tertiary/aromatic N) is 4. The molecule has 68 heavy (non-hydrogen) atoms. The molecule has 2 saturated heterocycles. The van der Waals surface area contributed by atoms with Gasteiger partial charge in [0.2, 0.25) is 23.6 Å². The summed E-state index contributed by atoms with van der Waals surface area (Å²) in [6.07, 6.45) is -0.373. The third kappa shape index (κ3) is 19.1. The van der Waals surface area contributed by atoms with Crippen molar-refractivity contribution < 1.29 is 70.7 Å². The number of alkyl halides is 3. The summed E-state index contributed by atoms with van der Waals surface area (Å²) in [7, 11) is 0. The van der Waals surface area contributed by atoms with E-state index in [2.05, 4.69) is 28.4 Å². The van der Waals surface area contributed by atoms with Gasteiger partial charge in [0.15, 0.2) is 0 Å². The van der Waals surface area contributed by atoms with Crippen molar-refractivity contribution in [2.45, 2.75) is 123 Å². The number of carbonyl (C=O) groups is 6. The number of nitrogens with two attached hydrogens (primary N) is 1. The summed E-state index contributed by atoms with van der Waals surface area (Å²) in [5.74, 6) is -3.88. The van der Waals surface area contributed by atoms with Crippen molar-refractivity contribution in [3.05, 3.63) is 72.0 Å². The van der Waals surface area contributed by atoms with Crippen molar-refractivity contribution in [2.24, 2.45) is 16.6 Å². The molecular formula is C45H61Cl2F3N6O12. The molecular weight excluding hydrogens is 944 g/mol. The number of nitrogens with one attached hydrogen (secondary N) is 1. The lowest BCUT2D eigenvalue weighted by molar-refractivity contribution is -0.192. The Hall–Kier alpha value is -5.67. The molecule has 0 aromatic carbocycles. The third-order valence-corrected chi connectivity index (χ3v) is 9.96. The third-order valence-electron chi connectivity index (χ3n) is 9.51. The highest BCUT2D eigenvalue weighted by molar-refractivity contribution is 6.30. The topological polar surface area (TPSA) is 239 Å². The lowest BCUT2D eigenvalue weighted by Crippen LogP contribution is -2.57. The van der Waals surface area contributed by atoms with Gasteiger partial charge in [-0.15, -0.1) is 0 Å². The summed E-state index contributed by atoms with van der Waals surface area (Å²) in [6.45, 7) is 23.8. The van der Waals surface area contributed by atoms with Gasteiger partial charge in [0.05, 0.1) is 29.2 Å². The Morgan fingerprint density at radius 2 is 1.16 bits per heavy atom. The quantitative estimate of drug-likeness (QED) is 0.109. The highest BCUT2D eigenvalue weighted by Crippen LogP contribution is 2.30. The van der Waals surface area contributed by atoms with Gasteiger partial charge in [0.1, 0.15) is 49.1 Å². The van der Waals surface area contributed by atoms with E-state index in [1.807, 2.05) is 41.5 Å². The van der Waals surface area contributed by atoms with Crippen LogP contribution >= 0.6 is 23.2 Å². The van der Waals surface area contributed by atoms with E-state index >= 15 is 0 Å². The van der Waals surface area contributed by atoms with Gasteiger partial charge in [-0.25, -0.2) is 29.1 Å². The van der Waals surface area contributed by atoms with Gasteiger partial charge in [0, 0.05) is 37.4 Å². The van der Waals surface area contributed by atoms with E-state index < -0.39 is 88.9 Å². The van der Waals surface area contributed by atoms with E-state index in [4.69, 9.17) is 62.5 Å². The zero-order valence-corrected chi connectivity index (χ0v) is 40.9. The monoisotopic (exact) mass is 1000 g/mol. The van der Waals surface area contributed by atoms with Gasteiger partial charge < -0.3 is 49.6 Å².